The number of hydrogen-bond acceptors (Lipinski definition) is 0. The molecule has 0 atom stereocenters. The first-order chi connectivity index (χ1) is 0. The van der Waals surface area contributed by atoms with Crippen molar-refractivity contribution >= 4 is 0 Å². The molecular formula is HfTiZn2. The molecule has 0 amide bonds. The van der Waals surface area contributed by atoms with E-state index in [0.717, 1.165) is 0 Å². The molecule has 12 valence electrons. The minimum atomic E-state index is 0. The van der Waals surface area contributed by atoms with Gasteiger partial charge in [0.15, 0.2) is 0 Å². The summed E-state index contributed by atoms with van der Waals surface area (Å²) >= 11 is 0. The minimum absolute atomic E-state index is 0. The summed E-state index contributed by atoms with van der Waals surface area (Å²) in [5.74, 6) is 0. The van der Waals surface area contributed by atoms with Gasteiger partial charge in [-0.25, -0.2) is 0 Å². The van der Waals surface area contributed by atoms with Crippen molar-refractivity contribution in [2.24, 2.45) is 0 Å². The van der Waals surface area contributed by atoms with E-state index in [1.165, 1.54) is 0 Å². The van der Waals surface area contributed by atoms with Crippen molar-refractivity contribution in [2.75, 3.05) is 0 Å². The van der Waals surface area contributed by atoms with Crippen molar-refractivity contribution < 1.29 is 86.5 Å². The average Bonchev–Trinajstić information content (AvgIpc) is 0. The topological polar surface area (TPSA) is 0 Å². The third kappa shape index (κ3) is 8.85. The third-order valence-electron chi connectivity index (χ3n) is 0. The van der Waals surface area contributed by atoms with Crippen LogP contribution in [0.3, 0.4) is 0 Å². The predicted octanol–water partition coefficient (Wildman–Crippen LogP) is -0.0100. The summed E-state index contributed by atoms with van der Waals surface area (Å²) in [6.45, 7) is 0. The maximum atomic E-state index is 0. The Balaban J connectivity index is 0. The SMILES string of the molecule is [Hf].[Ti].[Zn].[Zn]. The van der Waals surface area contributed by atoms with Crippen molar-refractivity contribution in [1.82, 2.24) is 0 Å². The van der Waals surface area contributed by atoms with Gasteiger partial charge in [-0.3, -0.25) is 0 Å². The zero-order valence-electron chi connectivity index (χ0n) is 2.41. The van der Waals surface area contributed by atoms with Gasteiger partial charge in [-0.05, 0) is 0 Å². The van der Waals surface area contributed by atoms with Gasteiger partial charge in [-0.1, -0.05) is 0 Å². The van der Waals surface area contributed by atoms with Crippen molar-refractivity contribution in [3.63, 3.8) is 0 Å². The molecule has 0 aromatic rings. The first kappa shape index (κ1) is 29.0. The summed E-state index contributed by atoms with van der Waals surface area (Å²) in [4.78, 5) is 0. The maximum Gasteiger partial charge on any atom is 0 e. The van der Waals surface area contributed by atoms with Gasteiger partial charge in [0, 0.05) is 86.5 Å². The first-order valence-electron chi connectivity index (χ1n) is 0. The fourth-order valence-corrected chi connectivity index (χ4v) is 0. The van der Waals surface area contributed by atoms with Crippen molar-refractivity contribution in [3.05, 3.63) is 0 Å². The molecule has 0 radical (unpaired) electrons. The molecule has 0 saturated carbocycles. The second kappa shape index (κ2) is 17.0. The molecule has 0 heterocycles. The van der Waals surface area contributed by atoms with Gasteiger partial charge >= 0.3 is 0 Å². The summed E-state index contributed by atoms with van der Waals surface area (Å²) in [6, 6.07) is 0. The van der Waals surface area contributed by atoms with E-state index in [-0.39, 0.29) is 86.5 Å². The second-order valence-corrected chi connectivity index (χ2v) is 0. The zero-order chi connectivity index (χ0) is 0. The monoisotopic (exact) mass is 356 g/mol. The Hall–Kier alpha value is 2.83. The molecule has 0 bridgehead atoms. The Morgan fingerprint density at radius 3 is 0.750 bits per heavy atom. The number of hydrogen-bond donors (Lipinski definition) is 0. The van der Waals surface area contributed by atoms with Gasteiger partial charge < -0.3 is 0 Å². The van der Waals surface area contributed by atoms with Gasteiger partial charge in [0.1, 0.15) is 0 Å². The van der Waals surface area contributed by atoms with Crippen molar-refractivity contribution in [1.29, 1.82) is 0 Å². The molecule has 0 aliphatic carbocycles. The minimum Gasteiger partial charge on any atom is 0 e. The molecule has 0 saturated heterocycles. The third-order valence-corrected chi connectivity index (χ3v) is 0. The summed E-state index contributed by atoms with van der Waals surface area (Å²) < 4.78 is 0. The normalized spacial score (nSPS) is 0. The molecule has 4 heavy (non-hydrogen) atoms. The van der Waals surface area contributed by atoms with E-state index in [4.69, 9.17) is 0 Å². The van der Waals surface area contributed by atoms with Crippen LogP contribution in [0.4, 0.5) is 0 Å². The molecule has 0 N–H and O–H groups in total. The summed E-state index contributed by atoms with van der Waals surface area (Å²) in [6.07, 6.45) is 0. The van der Waals surface area contributed by atoms with Crippen LogP contribution >= 0.6 is 0 Å². The Bertz CT molecular complexity index is 6.00. The van der Waals surface area contributed by atoms with E-state index >= 15 is 0 Å². The fraction of sp³-hybridized carbons (Fsp3) is 0. The van der Waals surface area contributed by atoms with E-state index in [9.17, 15) is 0 Å². The molecule has 0 fully saturated rings. The maximum absolute atomic E-state index is 0. The molecular weight excluding hydrogens is 357 g/mol. The van der Waals surface area contributed by atoms with Crippen LogP contribution in [0.15, 0.2) is 0 Å². The smallest absolute Gasteiger partial charge is 0 e. The molecule has 0 aliphatic rings. The van der Waals surface area contributed by atoms with Crippen LogP contribution in [0.1, 0.15) is 0 Å². The van der Waals surface area contributed by atoms with Crippen LogP contribution in [-0.2, 0) is 86.5 Å². The van der Waals surface area contributed by atoms with Crippen LogP contribution in [-0.4, -0.2) is 0 Å². The molecule has 0 unspecified atom stereocenters. The second-order valence-electron chi connectivity index (χ2n) is 0. The molecule has 0 aromatic carbocycles. The van der Waals surface area contributed by atoms with E-state index < -0.39 is 0 Å². The Morgan fingerprint density at radius 2 is 0.750 bits per heavy atom. The molecule has 0 nitrogen and oxygen atoms in total. The van der Waals surface area contributed by atoms with Crippen molar-refractivity contribution in [3.8, 4) is 0 Å². The van der Waals surface area contributed by atoms with Crippen LogP contribution < -0.4 is 0 Å². The first-order valence-corrected chi connectivity index (χ1v) is 0. The number of rotatable bonds is 0. The molecule has 0 rings (SSSR count). The Labute approximate surface area is 85.0 Å². The zero-order valence-corrected chi connectivity index (χ0v) is 13.5. The quantitative estimate of drug-likeness (QED) is 0.535. The van der Waals surface area contributed by atoms with Gasteiger partial charge in [0.25, 0.3) is 0 Å². The van der Waals surface area contributed by atoms with E-state index in [2.05, 4.69) is 0 Å². The molecule has 0 aromatic heterocycles. The molecule has 0 aliphatic heterocycles. The molecule has 0 spiro atoms. The Kier molecular flexibility index (Phi) is 123. The van der Waals surface area contributed by atoms with Crippen molar-refractivity contribution in [2.45, 2.75) is 0 Å². The van der Waals surface area contributed by atoms with Gasteiger partial charge in [0.2, 0.25) is 0 Å². The predicted molar refractivity (Wildman–Crippen MR) is 0 cm³/mol. The van der Waals surface area contributed by atoms with Crippen LogP contribution in [0.25, 0.3) is 0 Å². The van der Waals surface area contributed by atoms with E-state index in [1.807, 2.05) is 0 Å². The largest absolute Gasteiger partial charge is 0 e. The van der Waals surface area contributed by atoms with Gasteiger partial charge in [-0.15, -0.1) is 0 Å². The van der Waals surface area contributed by atoms with E-state index in [0.29, 0.717) is 0 Å². The van der Waals surface area contributed by atoms with Crippen LogP contribution in [0.5, 0.6) is 0 Å². The van der Waals surface area contributed by atoms with Crippen LogP contribution in [0.2, 0.25) is 0 Å². The van der Waals surface area contributed by atoms with Gasteiger partial charge in [0.05, 0.1) is 0 Å². The average molecular weight is 357 g/mol. The Morgan fingerprint density at radius 1 is 0.750 bits per heavy atom. The fourth-order valence-electron chi connectivity index (χ4n) is 0. The van der Waals surface area contributed by atoms with Gasteiger partial charge in [-0.2, -0.15) is 0 Å². The van der Waals surface area contributed by atoms with E-state index in [1.54, 1.807) is 0 Å². The summed E-state index contributed by atoms with van der Waals surface area (Å²) in [7, 11) is 0. The standard InChI is InChI=1S/Hf.Ti.2Zn. The van der Waals surface area contributed by atoms with Crippen LogP contribution in [0, 0.1) is 0 Å². The molecule has 4 heteroatoms. The summed E-state index contributed by atoms with van der Waals surface area (Å²) in [5, 5.41) is 0. The summed E-state index contributed by atoms with van der Waals surface area (Å²) in [5.41, 5.74) is 0.